The van der Waals surface area contributed by atoms with Gasteiger partial charge in [-0.05, 0) is 109 Å². The predicted octanol–water partition coefficient (Wildman–Crippen LogP) is 10.7. The first kappa shape index (κ1) is 47.3. The Morgan fingerprint density at radius 3 is 1.65 bits per heavy atom. The lowest BCUT2D eigenvalue weighted by Gasteiger charge is -2.15. The number of hydrogen-bond donors (Lipinski definition) is 3. The maximum Gasteiger partial charge on any atom is 0.326 e. The van der Waals surface area contributed by atoms with Crippen molar-refractivity contribution in [3.05, 3.63) is 97.2 Å². The number of nitrogens with one attached hydrogen (secondary N) is 1. The van der Waals surface area contributed by atoms with Gasteiger partial charge >= 0.3 is 11.9 Å². The minimum atomic E-state index is -1.03. The summed E-state index contributed by atoms with van der Waals surface area (Å²) in [5.41, 5.74) is 5.45. The molecule has 2 atom stereocenters. The number of allylic oxidation sites excluding steroid dienone is 15. The molecule has 4 N–H and O–H groups in total. The van der Waals surface area contributed by atoms with Gasteiger partial charge < -0.3 is 20.9 Å². The van der Waals surface area contributed by atoms with Gasteiger partial charge in [-0.25, -0.2) is 4.79 Å². The molecule has 0 aromatic heterocycles. The zero-order valence-corrected chi connectivity index (χ0v) is 31.9. The lowest BCUT2D eigenvalue weighted by Crippen LogP contribution is -2.40. The Labute approximate surface area is 310 Å². The van der Waals surface area contributed by atoms with Gasteiger partial charge in [0.25, 0.3) is 0 Å². The quantitative estimate of drug-likeness (QED) is 0.0355. The average molecular weight is 707 g/mol. The van der Waals surface area contributed by atoms with Crippen LogP contribution in [0.4, 0.5) is 0 Å². The van der Waals surface area contributed by atoms with Crippen molar-refractivity contribution in [2.45, 2.75) is 154 Å². The third-order valence-corrected chi connectivity index (χ3v) is 7.85. The number of carboxylic acid groups (broad SMARTS) is 1. The van der Waals surface area contributed by atoms with Crippen molar-refractivity contribution in [1.29, 1.82) is 0 Å². The van der Waals surface area contributed by atoms with Gasteiger partial charge in [0.1, 0.15) is 12.1 Å². The van der Waals surface area contributed by atoms with E-state index in [1.807, 2.05) is 6.08 Å². The third kappa shape index (κ3) is 34.5. The van der Waals surface area contributed by atoms with Crippen LogP contribution in [0.5, 0.6) is 0 Å². The van der Waals surface area contributed by atoms with E-state index >= 15 is 0 Å². The predicted molar refractivity (Wildman–Crippen MR) is 215 cm³/mol. The van der Waals surface area contributed by atoms with Crippen LogP contribution in [0.3, 0.4) is 0 Å². The molecule has 0 aliphatic rings. The first-order valence-corrected chi connectivity index (χ1v) is 19.6. The van der Waals surface area contributed by atoms with Crippen LogP contribution >= 0.6 is 0 Å². The van der Waals surface area contributed by atoms with Crippen LogP contribution in [0.25, 0.3) is 0 Å². The van der Waals surface area contributed by atoms with Crippen LogP contribution in [0.1, 0.15) is 142 Å². The van der Waals surface area contributed by atoms with E-state index in [0.717, 1.165) is 96.3 Å². The Hall–Kier alpha value is -3.71. The monoisotopic (exact) mass is 707 g/mol. The fourth-order valence-corrected chi connectivity index (χ4v) is 4.94. The van der Waals surface area contributed by atoms with E-state index in [-0.39, 0.29) is 18.0 Å². The molecule has 0 saturated carbocycles. The molecule has 0 radical (unpaired) electrons. The molecule has 0 spiro atoms. The lowest BCUT2D eigenvalue weighted by atomic mass is 10.1. The number of carboxylic acids is 1. The lowest BCUT2D eigenvalue weighted by molar-refractivity contribution is -0.147. The molecule has 0 saturated heterocycles. The molecule has 0 fully saturated rings. The summed E-state index contributed by atoms with van der Waals surface area (Å²) < 4.78 is 5.78. The van der Waals surface area contributed by atoms with E-state index in [1.54, 1.807) is 0 Å². The Morgan fingerprint density at radius 2 is 1.14 bits per heavy atom. The van der Waals surface area contributed by atoms with E-state index in [2.05, 4.69) is 110 Å². The minimum Gasteiger partial charge on any atom is -0.480 e. The first-order valence-electron chi connectivity index (χ1n) is 19.6. The Balaban J connectivity index is 4.09. The molecule has 0 aliphatic carbocycles. The number of carbonyl (C=O) groups is 3. The smallest absolute Gasteiger partial charge is 0.326 e. The second kappa shape index (κ2) is 37.5. The number of amides is 1. The molecule has 286 valence electrons. The normalized spacial score (nSPS) is 13.8. The highest BCUT2D eigenvalue weighted by Crippen LogP contribution is 2.13. The van der Waals surface area contributed by atoms with Crippen LogP contribution in [0, 0.1) is 0 Å². The molecule has 0 aromatic rings. The highest BCUT2D eigenvalue weighted by atomic mass is 16.5. The Kier molecular flexibility index (Phi) is 34.8. The van der Waals surface area contributed by atoms with Gasteiger partial charge in [-0.15, -0.1) is 0 Å². The zero-order valence-electron chi connectivity index (χ0n) is 31.9. The number of ether oxygens (including phenoxy) is 1. The molecule has 0 aliphatic heterocycles. The number of hydrogen-bond acceptors (Lipinski definition) is 5. The van der Waals surface area contributed by atoms with Gasteiger partial charge in [0.15, 0.2) is 0 Å². The molecule has 0 aromatic carbocycles. The molecular weight excluding hydrogens is 636 g/mol. The summed E-state index contributed by atoms with van der Waals surface area (Å²) in [6.45, 7) is 4.67. The average Bonchev–Trinajstić information content (AvgIpc) is 3.11. The van der Waals surface area contributed by atoms with Crippen LogP contribution in [-0.4, -0.2) is 41.6 Å². The van der Waals surface area contributed by atoms with Crippen molar-refractivity contribution in [2.75, 3.05) is 6.54 Å². The van der Waals surface area contributed by atoms with Crippen molar-refractivity contribution in [3.63, 3.8) is 0 Å². The number of nitrogens with two attached hydrogens (primary N) is 1. The zero-order chi connectivity index (χ0) is 37.5. The molecule has 0 rings (SSSR count). The van der Waals surface area contributed by atoms with Crippen LogP contribution < -0.4 is 11.1 Å². The molecule has 7 heteroatoms. The maximum atomic E-state index is 12.5. The van der Waals surface area contributed by atoms with Crippen molar-refractivity contribution in [3.8, 4) is 0 Å². The number of aliphatic carboxylic acids is 1. The molecular formula is C44H70N2O5. The molecule has 0 bridgehead atoms. The van der Waals surface area contributed by atoms with E-state index in [4.69, 9.17) is 10.5 Å². The van der Waals surface area contributed by atoms with E-state index < -0.39 is 12.0 Å². The molecule has 2 unspecified atom stereocenters. The Bertz CT molecular complexity index is 1110. The van der Waals surface area contributed by atoms with E-state index in [0.29, 0.717) is 38.6 Å². The van der Waals surface area contributed by atoms with Gasteiger partial charge in [0, 0.05) is 12.8 Å². The SMILES string of the molecule is CC/C=C\C/C=C\C/C=C\C/C=C\C/C=C\C/C=C\C/C=C\CCCC(=O)OC(/C=C\CCC)CCCCCCC(=O)NC(CCCN)C(=O)O. The summed E-state index contributed by atoms with van der Waals surface area (Å²) in [5, 5.41) is 11.8. The number of carbonyl (C=O) groups excluding carboxylic acids is 2. The summed E-state index contributed by atoms with van der Waals surface area (Å²) >= 11 is 0. The summed E-state index contributed by atoms with van der Waals surface area (Å²) in [4.78, 5) is 35.9. The number of esters is 1. The summed E-state index contributed by atoms with van der Waals surface area (Å²) in [6, 6.07) is -0.879. The Morgan fingerprint density at radius 1 is 0.608 bits per heavy atom. The van der Waals surface area contributed by atoms with E-state index in [1.165, 1.54) is 0 Å². The van der Waals surface area contributed by atoms with Crippen LogP contribution in [-0.2, 0) is 19.1 Å². The molecule has 1 amide bonds. The van der Waals surface area contributed by atoms with Gasteiger partial charge in [0.2, 0.25) is 5.91 Å². The summed E-state index contributed by atoms with van der Waals surface area (Å²) in [6.07, 6.45) is 50.8. The number of rotatable bonds is 33. The van der Waals surface area contributed by atoms with Crippen LogP contribution in [0.2, 0.25) is 0 Å². The second-order valence-corrected chi connectivity index (χ2v) is 12.6. The largest absolute Gasteiger partial charge is 0.480 e. The molecule has 7 nitrogen and oxygen atoms in total. The van der Waals surface area contributed by atoms with Gasteiger partial charge in [-0.1, -0.05) is 124 Å². The van der Waals surface area contributed by atoms with Gasteiger partial charge in [-0.3, -0.25) is 9.59 Å². The second-order valence-electron chi connectivity index (χ2n) is 12.6. The van der Waals surface area contributed by atoms with Crippen molar-refractivity contribution in [1.82, 2.24) is 5.32 Å². The molecule has 51 heavy (non-hydrogen) atoms. The third-order valence-electron chi connectivity index (χ3n) is 7.85. The van der Waals surface area contributed by atoms with Crippen molar-refractivity contribution >= 4 is 17.8 Å². The van der Waals surface area contributed by atoms with Crippen molar-refractivity contribution in [2.24, 2.45) is 5.73 Å². The highest BCUT2D eigenvalue weighted by molar-refractivity contribution is 5.83. The highest BCUT2D eigenvalue weighted by Gasteiger charge is 2.18. The molecule has 0 heterocycles. The number of unbranched alkanes of at least 4 members (excludes halogenated alkanes) is 5. The fraction of sp³-hybridized carbons (Fsp3) is 0.568. The van der Waals surface area contributed by atoms with E-state index in [9.17, 15) is 19.5 Å². The van der Waals surface area contributed by atoms with Gasteiger partial charge in [-0.2, -0.15) is 0 Å². The summed E-state index contributed by atoms with van der Waals surface area (Å²) in [7, 11) is 0. The topological polar surface area (TPSA) is 119 Å². The minimum absolute atomic E-state index is 0.161. The van der Waals surface area contributed by atoms with Gasteiger partial charge in [0.05, 0.1) is 0 Å². The van der Waals surface area contributed by atoms with Crippen molar-refractivity contribution < 1.29 is 24.2 Å². The maximum absolute atomic E-state index is 12.5. The standard InChI is InChI=1S/C44H70N2O5/c1-3-5-7-8-9-10-11-12-13-14-15-16-17-18-19-20-21-22-23-24-25-26-32-38-43(48)51-40(34-29-6-4-2)35-30-27-28-31-37-42(47)46-41(44(49)50)36-33-39-45/h5,7,9-10,12-13,15-16,18-19,21-22,24-25,29,34,40-41H,3-4,6,8,11,14,17,20,23,26-28,30-33,35-39,45H2,1-2H3,(H,46,47)(H,49,50)/b7-5-,10-9-,13-12-,16-15-,19-18-,22-21-,25-24-,34-29-. The van der Waals surface area contributed by atoms with Crippen LogP contribution in [0.15, 0.2) is 97.2 Å². The summed E-state index contributed by atoms with van der Waals surface area (Å²) in [5.74, 6) is -1.43. The first-order chi connectivity index (χ1) is 24.9. The fourth-order valence-electron chi connectivity index (χ4n) is 4.94.